The molecule has 2 N–H and O–H groups in total. The second-order valence-electron chi connectivity index (χ2n) is 5.65. The van der Waals surface area contributed by atoms with Gasteiger partial charge in [0.25, 0.3) is 0 Å². The molecule has 0 atom stereocenters. The Morgan fingerprint density at radius 2 is 1.12 bits per heavy atom. The minimum Gasteiger partial charge on any atom is -0.507 e. The van der Waals surface area contributed by atoms with Gasteiger partial charge in [0, 0.05) is 16.7 Å². The molecule has 0 aromatic heterocycles. The third kappa shape index (κ3) is 1.83. The number of para-hydroxylation sites is 2. The molecule has 4 nitrogen and oxygen atoms in total. The second kappa shape index (κ2) is 5.13. The van der Waals surface area contributed by atoms with Crippen LogP contribution in [0.3, 0.4) is 0 Å². The summed E-state index contributed by atoms with van der Waals surface area (Å²) < 4.78 is 5.79. The molecule has 1 aliphatic rings. The summed E-state index contributed by atoms with van der Waals surface area (Å²) in [7, 11) is 0. The number of aromatic hydroxyl groups is 2. The molecule has 0 bridgehead atoms. The zero-order chi connectivity index (χ0) is 16.7. The zero-order valence-corrected chi connectivity index (χ0v) is 12.6. The van der Waals surface area contributed by atoms with Crippen LogP contribution >= 0.6 is 0 Å². The van der Waals surface area contributed by atoms with Gasteiger partial charge in [-0.1, -0.05) is 54.6 Å². The fraction of sp³-hybridized carbons (Fsp3) is 0.0500. The van der Waals surface area contributed by atoms with Gasteiger partial charge >= 0.3 is 5.97 Å². The smallest absolute Gasteiger partial charge is 0.340 e. The van der Waals surface area contributed by atoms with Crippen LogP contribution in [0.5, 0.6) is 11.5 Å². The molecular weight excluding hydrogens is 304 g/mol. The highest BCUT2D eigenvalue weighted by atomic mass is 16.6. The summed E-state index contributed by atoms with van der Waals surface area (Å²) in [6.07, 6.45) is 0. The standard InChI is InChI=1S/C20H14O4/c21-17-11-5-3-9-15(17)20(16-10-4-6-12-18(16)22)14-8-2-1-7-13(14)19(23)24-20/h1-12,21-22H. The fourth-order valence-electron chi connectivity index (χ4n) is 3.31. The molecule has 4 rings (SSSR count). The van der Waals surface area contributed by atoms with E-state index in [9.17, 15) is 15.0 Å². The largest absolute Gasteiger partial charge is 0.507 e. The predicted octanol–water partition coefficient (Wildman–Crippen LogP) is 3.56. The van der Waals surface area contributed by atoms with Crippen molar-refractivity contribution in [1.82, 2.24) is 0 Å². The molecule has 0 spiro atoms. The Labute approximate surface area is 138 Å². The number of phenols is 2. The lowest BCUT2D eigenvalue weighted by molar-refractivity contribution is 0.0240. The average Bonchev–Trinajstić information content (AvgIpc) is 2.90. The summed E-state index contributed by atoms with van der Waals surface area (Å²) in [6.45, 7) is 0. The van der Waals surface area contributed by atoms with E-state index in [1.807, 2.05) is 0 Å². The zero-order valence-electron chi connectivity index (χ0n) is 12.6. The van der Waals surface area contributed by atoms with E-state index >= 15 is 0 Å². The highest BCUT2D eigenvalue weighted by Gasteiger charge is 2.50. The average molecular weight is 318 g/mol. The number of carbonyl (C=O) groups is 1. The second-order valence-corrected chi connectivity index (χ2v) is 5.65. The molecule has 3 aromatic rings. The molecule has 0 unspecified atom stereocenters. The van der Waals surface area contributed by atoms with Gasteiger partial charge in [0.15, 0.2) is 5.60 Å². The Kier molecular flexibility index (Phi) is 3.06. The molecule has 4 heteroatoms. The molecular formula is C20H14O4. The molecule has 0 saturated heterocycles. The van der Waals surface area contributed by atoms with E-state index in [0.29, 0.717) is 22.3 Å². The van der Waals surface area contributed by atoms with Crippen LogP contribution < -0.4 is 0 Å². The number of hydrogen-bond acceptors (Lipinski definition) is 4. The van der Waals surface area contributed by atoms with Crippen LogP contribution in [0.15, 0.2) is 72.8 Å². The number of carbonyl (C=O) groups excluding carboxylic acids is 1. The third-order valence-corrected chi connectivity index (χ3v) is 4.34. The van der Waals surface area contributed by atoms with E-state index in [2.05, 4.69) is 0 Å². The Morgan fingerprint density at radius 1 is 0.667 bits per heavy atom. The normalized spacial score (nSPS) is 14.9. The van der Waals surface area contributed by atoms with Gasteiger partial charge in [0.1, 0.15) is 11.5 Å². The first-order valence-electron chi connectivity index (χ1n) is 7.54. The van der Waals surface area contributed by atoms with Gasteiger partial charge in [0.2, 0.25) is 0 Å². The summed E-state index contributed by atoms with van der Waals surface area (Å²) in [5, 5.41) is 20.9. The van der Waals surface area contributed by atoms with Crippen molar-refractivity contribution in [2.45, 2.75) is 5.60 Å². The van der Waals surface area contributed by atoms with E-state index in [1.165, 1.54) is 12.1 Å². The quantitative estimate of drug-likeness (QED) is 0.709. The van der Waals surface area contributed by atoms with Gasteiger partial charge in [0.05, 0.1) is 5.56 Å². The minimum absolute atomic E-state index is 0.00902. The monoisotopic (exact) mass is 318 g/mol. The summed E-state index contributed by atoms with van der Waals surface area (Å²) in [4.78, 5) is 12.5. The third-order valence-electron chi connectivity index (χ3n) is 4.34. The van der Waals surface area contributed by atoms with Crippen molar-refractivity contribution >= 4 is 5.97 Å². The molecule has 0 aliphatic carbocycles. The Morgan fingerprint density at radius 3 is 1.67 bits per heavy atom. The van der Waals surface area contributed by atoms with E-state index in [4.69, 9.17) is 4.74 Å². The number of phenolic OH excluding ortho intramolecular Hbond substituents is 2. The van der Waals surface area contributed by atoms with Crippen LogP contribution in [-0.2, 0) is 10.3 Å². The predicted molar refractivity (Wildman–Crippen MR) is 88.0 cm³/mol. The first-order valence-corrected chi connectivity index (χ1v) is 7.54. The van der Waals surface area contributed by atoms with Crippen molar-refractivity contribution in [2.24, 2.45) is 0 Å². The summed E-state index contributed by atoms with van der Waals surface area (Å²) >= 11 is 0. The van der Waals surface area contributed by atoms with E-state index in [1.54, 1.807) is 60.7 Å². The number of esters is 1. The Bertz CT molecular complexity index is 900. The topological polar surface area (TPSA) is 66.8 Å². The van der Waals surface area contributed by atoms with Gasteiger partial charge in [-0.3, -0.25) is 0 Å². The van der Waals surface area contributed by atoms with Crippen LogP contribution in [0.4, 0.5) is 0 Å². The summed E-state index contributed by atoms with van der Waals surface area (Å²) in [5.74, 6) is -0.507. The van der Waals surface area contributed by atoms with E-state index < -0.39 is 11.6 Å². The van der Waals surface area contributed by atoms with Gasteiger partial charge in [-0.25, -0.2) is 4.79 Å². The summed E-state index contributed by atoms with van der Waals surface area (Å²) in [5.41, 5.74) is 0.446. The number of rotatable bonds is 2. The minimum atomic E-state index is -1.38. The van der Waals surface area contributed by atoms with Crippen molar-refractivity contribution in [3.8, 4) is 11.5 Å². The fourth-order valence-corrected chi connectivity index (χ4v) is 3.31. The molecule has 1 aliphatic heterocycles. The molecule has 0 saturated carbocycles. The lowest BCUT2D eigenvalue weighted by atomic mass is 9.79. The number of fused-ring (bicyclic) bond motifs is 1. The van der Waals surface area contributed by atoms with Crippen LogP contribution in [0.2, 0.25) is 0 Å². The highest BCUT2D eigenvalue weighted by Crippen LogP contribution is 2.51. The molecule has 0 fully saturated rings. The Balaban J connectivity index is 2.13. The Hall–Kier alpha value is -3.27. The SMILES string of the molecule is O=C1OC(c2ccccc2O)(c2ccccc2O)c2ccccc21. The molecule has 0 amide bonds. The van der Waals surface area contributed by atoms with Crippen LogP contribution in [0, 0.1) is 0 Å². The molecule has 24 heavy (non-hydrogen) atoms. The van der Waals surface area contributed by atoms with Crippen molar-refractivity contribution in [2.75, 3.05) is 0 Å². The lowest BCUT2D eigenvalue weighted by Gasteiger charge is -2.31. The first kappa shape index (κ1) is 14.3. The number of benzene rings is 3. The van der Waals surface area contributed by atoms with Gasteiger partial charge in [-0.15, -0.1) is 0 Å². The van der Waals surface area contributed by atoms with Crippen molar-refractivity contribution in [1.29, 1.82) is 0 Å². The maximum absolute atomic E-state index is 12.5. The van der Waals surface area contributed by atoms with Crippen LogP contribution in [0.25, 0.3) is 0 Å². The summed E-state index contributed by atoms with van der Waals surface area (Å²) in [6, 6.07) is 20.4. The van der Waals surface area contributed by atoms with Gasteiger partial charge in [-0.05, 0) is 18.2 Å². The van der Waals surface area contributed by atoms with Crippen LogP contribution in [0.1, 0.15) is 27.0 Å². The molecule has 118 valence electrons. The number of cyclic esters (lactones) is 1. The van der Waals surface area contributed by atoms with Crippen molar-refractivity contribution < 1.29 is 19.7 Å². The highest BCUT2D eigenvalue weighted by molar-refractivity contribution is 5.96. The van der Waals surface area contributed by atoms with Crippen LogP contribution in [-0.4, -0.2) is 16.2 Å². The maximum atomic E-state index is 12.5. The van der Waals surface area contributed by atoms with Crippen molar-refractivity contribution in [3.05, 3.63) is 95.1 Å². The molecule has 0 radical (unpaired) electrons. The van der Waals surface area contributed by atoms with E-state index in [-0.39, 0.29) is 11.5 Å². The van der Waals surface area contributed by atoms with Gasteiger partial charge < -0.3 is 14.9 Å². The molecule has 3 aromatic carbocycles. The van der Waals surface area contributed by atoms with Gasteiger partial charge in [-0.2, -0.15) is 0 Å². The number of hydrogen-bond donors (Lipinski definition) is 2. The maximum Gasteiger partial charge on any atom is 0.340 e. The number of ether oxygens (including phenoxy) is 1. The lowest BCUT2D eigenvalue weighted by Crippen LogP contribution is -2.29. The molecule has 1 heterocycles. The van der Waals surface area contributed by atoms with E-state index in [0.717, 1.165) is 0 Å². The van der Waals surface area contributed by atoms with Crippen molar-refractivity contribution in [3.63, 3.8) is 0 Å². The first-order chi connectivity index (χ1) is 11.6.